The van der Waals surface area contributed by atoms with Gasteiger partial charge in [-0.15, -0.1) is 0 Å². The van der Waals surface area contributed by atoms with Gasteiger partial charge in [0.25, 0.3) is 0 Å². The first-order valence-electron chi connectivity index (χ1n) is 8.29. The predicted octanol–water partition coefficient (Wildman–Crippen LogP) is 3.43. The van der Waals surface area contributed by atoms with E-state index in [1.54, 1.807) is 0 Å². The van der Waals surface area contributed by atoms with Gasteiger partial charge in [-0.3, -0.25) is 4.79 Å². The van der Waals surface area contributed by atoms with Crippen LogP contribution in [0.2, 0.25) is 0 Å². The summed E-state index contributed by atoms with van der Waals surface area (Å²) in [5.74, 6) is -1.72. The summed E-state index contributed by atoms with van der Waals surface area (Å²) in [6.07, 6.45) is -0.467. The van der Waals surface area contributed by atoms with Gasteiger partial charge in [-0.2, -0.15) is 0 Å². The first-order valence-corrected chi connectivity index (χ1v) is 8.29. The van der Waals surface area contributed by atoms with E-state index in [1.165, 1.54) is 4.90 Å². The molecule has 0 aliphatic carbocycles. The van der Waals surface area contributed by atoms with E-state index >= 15 is 0 Å². The van der Waals surface area contributed by atoms with Crippen molar-refractivity contribution in [2.45, 2.75) is 19.4 Å². The normalized spacial score (nSPS) is 19.6. The summed E-state index contributed by atoms with van der Waals surface area (Å²) in [4.78, 5) is 25.5. The Bertz CT molecular complexity index is 759. The second-order valence-corrected chi connectivity index (χ2v) is 6.41. The van der Waals surface area contributed by atoms with Crippen molar-refractivity contribution in [3.63, 3.8) is 0 Å². The van der Waals surface area contributed by atoms with Gasteiger partial charge in [0.1, 0.15) is 6.61 Å². The Morgan fingerprint density at radius 1 is 1.12 bits per heavy atom. The molecule has 3 rings (SSSR count). The molecule has 0 bridgehead atoms. The van der Waals surface area contributed by atoms with Crippen LogP contribution in [0.25, 0.3) is 0 Å². The smallest absolute Gasteiger partial charge is 0.410 e. The number of hydrogen-bond acceptors (Lipinski definition) is 3. The zero-order valence-electron chi connectivity index (χ0n) is 14.1. The van der Waals surface area contributed by atoms with Gasteiger partial charge < -0.3 is 14.7 Å². The number of carbonyl (C=O) groups is 2. The zero-order valence-corrected chi connectivity index (χ0v) is 14.1. The third-order valence-corrected chi connectivity index (χ3v) is 4.57. The molecule has 1 fully saturated rings. The minimum absolute atomic E-state index is 0.168. The summed E-state index contributed by atoms with van der Waals surface area (Å²) in [5.41, 5.74) is 2.93. The molecule has 0 unspecified atom stereocenters. The fourth-order valence-electron chi connectivity index (χ4n) is 3.25. The molecule has 1 heterocycles. The lowest BCUT2D eigenvalue weighted by atomic mass is 9.88. The number of carbonyl (C=O) groups excluding carboxylic acids is 1. The second kappa shape index (κ2) is 7.38. The van der Waals surface area contributed by atoms with Crippen LogP contribution in [0.15, 0.2) is 54.6 Å². The van der Waals surface area contributed by atoms with Crippen LogP contribution in [0.3, 0.4) is 0 Å². The minimum atomic E-state index is -0.884. The molecule has 5 heteroatoms. The zero-order chi connectivity index (χ0) is 17.8. The number of ether oxygens (including phenoxy) is 1. The summed E-state index contributed by atoms with van der Waals surface area (Å²) in [5, 5.41) is 9.54. The van der Waals surface area contributed by atoms with E-state index in [4.69, 9.17) is 4.74 Å². The molecule has 130 valence electrons. The summed E-state index contributed by atoms with van der Waals surface area (Å²) in [7, 11) is 0. The molecule has 1 saturated heterocycles. The average molecular weight is 339 g/mol. The van der Waals surface area contributed by atoms with Crippen molar-refractivity contribution in [3.8, 4) is 0 Å². The molecule has 1 aliphatic heterocycles. The molecule has 0 aromatic heterocycles. The highest BCUT2D eigenvalue weighted by atomic mass is 16.6. The van der Waals surface area contributed by atoms with Crippen molar-refractivity contribution in [2.75, 3.05) is 13.1 Å². The molecule has 1 aliphatic rings. The maximum Gasteiger partial charge on any atom is 0.410 e. The SMILES string of the molecule is Cc1cccc([C@@H]2CN(C(=O)OCc3ccccc3)C[C@H]2C(=O)O)c1. The van der Waals surface area contributed by atoms with E-state index in [-0.39, 0.29) is 19.1 Å². The third-order valence-electron chi connectivity index (χ3n) is 4.57. The van der Waals surface area contributed by atoms with Crippen LogP contribution in [0.5, 0.6) is 0 Å². The molecule has 5 nitrogen and oxygen atoms in total. The minimum Gasteiger partial charge on any atom is -0.481 e. The molecule has 0 radical (unpaired) electrons. The molecule has 0 saturated carbocycles. The van der Waals surface area contributed by atoms with E-state index in [1.807, 2.05) is 61.5 Å². The highest BCUT2D eigenvalue weighted by Crippen LogP contribution is 2.33. The number of likely N-dealkylation sites (tertiary alicyclic amines) is 1. The first-order chi connectivity index (χ1) is 12.0. The van der Waals surface area contributed by atoms with Crippen molar-refractivity contribution >= 4 is 12.1 Å². The Kier molecular flexibility index (Phi) is 5.03. The molecule has 25 heavy (non-hydrogen) atoms. The molecule has 1 amide bonds. The van der Waals surface area contributed by atoms with Crippen molar-refractivity contribution in [1.82, 2.24) is 4.90 Å². The van der Waals surface area contributed by atoms with Crippen molar-refractivity contribution in [1.29, 1.82) is 0 Å². The molecular weight excluding hydrogens is 318 g/mol. The highest BCUT2D eigenvalue weighted by molar-refractivity contribution is 5.75. The van der Waals surface area contributed by atoms with E-state index in [0.29, 0.717) is 6.54 Å². The number of aliphatic carboxylic acids is 1. The fourth-order valence-corrected chi connectivity index (χ4v) is 3.25. The van der Waals surface area contributed by atoms with Gasteiger partial charge in [0.15, 0.2) is 0 Å². The van der Waals surface area contributed by atoms with Crippen LogP contribution in [0.1, 0.15) is 22.6 Å². The van der Waals surface area contributed by atoms with E-state index in [0.717, 1.165) is 16.7 Å². The van der Waals surface area contributed by atoms with Crippen LogP contribution < -0.4 is 0 Å². The summed E-state index contributed by atoms with van der Waals surface area (Å²) < 4.78 is 5.34. The molecule has 2 aromatic carbocycles. The van der Waals surface area contributed by atoms with Gasteiger partial charge in [0.05, 0.1) is 5.92 Å². The highest BCUT2D eigenvalue weighted by Gasteiger charge is 2.41. The predicted molar refractivity (Wildman–Crippen MR) is 93.2 cm³/mol. The molecule has 0 spiro atoms. The number of rotatable bonds is 4. The van der Waals surface area contributed by atoms with E-state index < -0.39 is 18.0 Å². The van der Waals surface area contributed by atoms with Crippen LogP contribution in [-0.4, -0.2) is 35.2 Å². The Morgan fingerprint density at radius 2 is 1.88 bits per heavy atom. The Balaban J connectivity index is 1.69. The first kappa shape index (κ1) is 17.0. The van der Waals surface area contributed by atoms with E-state index in [9.17, 15) is 14.7 Å². The fraction of sp³-hybridized carbons (Fsp3) is 0.300. The molecular formula is C20H21NO4. The lowest BCUT2D eigenvalue weighted by Crippen LogP contribution is -2.30. The molecule has 2 atom stereocenters. The average Bonchev–Trinajstić information content (AvgIpc) is 3.06. The van der Waals surface area contributed by atoms with Crippen LogP contribution in [0.4, 0.5) is 4.79 Å². The lowest BCUT2D eigenvalue weighted by molar-refractivity contribution is -0.141. The number of benzene rings is 2. The maximum atomic E-state index is 12.3. The number of carboxylic acid groups (broad SMARTS) is 1. The summed E-state index contributed by atoms with van der Waals surface area (Å²) in [6, 6.07) is 17.2. The number of amides is 1. The van der Waals surface area contributed by atoms with Crippen molar-refractivity contribution < 1.29 is 19.4 Å². The van der Waals surface area contributed by atoms with Gasteiger partial charge in [-0.05, 0) is 18.1 Å². The molecule has 1 N–H and O–H groups in total. The monoisotopic (exact) mass is 339 g/mol. The largest absolute Gasteiger partial charge is 0.481 e. The van der Waals surface area contributed by atoms with Gasteiger partial charge in [-0.1, -0.05) is 60.2 Å². The topological polar surface area (TPSA) is 66.8 Å². The van der Waals surface area contributed by atoms with Crippen molar-refractivity contribution in [3.05, 3.63) is 71.3 Å². The number of aryl methyl sites for hydroxylation is 1. The standard InChI is InChI=1S/C20H21NO4/c1-14-6-5-9-16(10-14)17-11-21(12-18(17)19(22)23)20(24)25-13-15-7-3-2-4-8-15/h2-10,17-18H,11-13H2,1H3,(H,22,23)/t17-,18+/m0/s1. The maximum absolute atomic E-state index is 12.3. The van der Waals surface area contributed by atoms with Crippen molar-refractivity contribution in [2.24, 2.45) is 5.92 Å². The Hall–Kier alpha value is -2.82. The second-order valence-electron chi connectivity index (χ2n) is 6.41. The molecule has 2 aromatic rings. The lowest BCUT2D eigenvalue weighted by Gasteiger charge is -2.16. The summed E-state index contributed by atoms with van der Waals surface area (Å²) >= 11 is 0. The van der Waals surface area contributed by atoms with Crippen LogP contribution in [0, 0.1) is 12.8 Å². The van der Waals surface area contributed by atoms with E-state index in [2.05, 4.69) is 0 Å². The third kappa shape index (κ3) is 3.99. The number of hydrogen-bond donors (Lipinski definition) is 1. The van der Waals surface area contributed by atoms with Gasteiger partial charge in [0.2, 0.25) is 0 Å². The quantitative estimate of drug-likeness (QED) is 0.927. The van der Waals surface area contributed by atoms with Gasteiger partial charge in [0, 0.05) is 19.0 Å². The Labute approximate surface area is 146 Å². The number of nitrogens with zero attached hydrogens (tertiary/aromatic N) is 1. The Morgan fingerprint density at radius 3 is 2.56 bits per heavy atom. The van der Waals surface area contributed by atoms with Crippen LogP contribution in [-0.2, 0) is 16.1 Å². The summed E-state index contributed by atoms with van der Waals surface area (Å²) in [6.45, 7) is 2.68. The van der Waals surface area contributed by atoms with Crippen LogP contribution >= 0.6 is 0 Å². The number of carboxylic acids is 1. The van der Waals surface area contributed by atoms with Gasteiger partial charge in [-0.25, -0.2) is 4.79 Å². The van der Waals surface area contributed by atoms with Gasteiger partial charge >= 0.3 is 12.1 Å².